The third-order valence-corrected chi connectivity index (χ3v) is 6.53. The monoisotopic (exact) mass is 417 g/mol. The second-order valence-corrected chi connectivity index (χ2v) is 9.01. The minimum absolute atomic E-state index is 0.0544. The SMILES string of the molecule is CC(=O)c1ccc(Oc2cc(COP3N(C)CCCN3C)ccc2[N+](=O)[O-])cc1. The number of Topliss-reactive ketones (excluding diaryl/α,β-unsaturated/α-hetero) is 1. The van der Waals surface area contributed by atoms with Crippen LogP contribution in [-0.2, 0) is 11.1 Å². The summed E-state index contributed by atoms with van der Waals surface area (Å²) in [6.07, 6.45) is 1.10. The Kier molecular flexibility index (Phi) is 6.92. The van der Waals surface area contributed by atoms with Crippen molar-refractivity contribution >= 4 is 19.9 Å². The minimum atomic E-state index is -0.846. The van der Waals surface area contributed by atoms with Crippen LogP contribution in [0.25, 0.3) is 0 Å². The number of nitro groups is 1. The lowest BCUT2D eigenvalue weighted by atomic mass is 10.1. The smallest absolute Gasteiger partial charge is 0.311 e. The molecule has 0 N–H and O–H groups in total. The molecule has 0 bridgehead atoms. The zero-order chi connectivity index (χ0) is 21.0. The second kappa shape index (κ2) is 9.41. The second-order valence-electron chi connectivity index (χ2n) is 6.88. The van der Waals surface area contributed by atoms with E-state index in [1.807, 2.05) is 14.1 Å². The Morgan fingerprint density at radius 3 is 2.38 bits per heavy atom. The number of hydrogen-bond donors (Lipinski definition) is 0. The molecule has 2 aromatic rings. The zero-order valence-electron chi connectivity index (χ0n) is 16.7. The summed E-state index contributed by atoms with van der Waals surface area (Å²) in [5, 5.41) is 11.4. The van der Waals surface area contributed by atoms with Crippen LogP contribution in [0, 0.1) is 10.1 Å². The fourth-order valence-electron chi connectivity index (χ4n) is 3.06. The van der Waals surface area contributed by atoms with Crippen LogP contribution in [0.3, 0.4) is 0 Å². The summed E-state index contributed by atoms with van der Waals surface area (Å²) < 4.78 is 16.2. The van der Waals surface area contributed by atoms with Gasteiger partial charge < -0.3 is 9.26 Å². The third kappa shape index (κ3) is 5.36. The van der Waals surface area contributed by atoms with E-state index in [1.165, 1.54) is 13.0 Å². The molecular weight excluding hydrogens is 393 g/mol. The van der Waals surface area contributed by atoms with E-state index in [9.17, 15) is 14.9 Å². The minimum Gasteiger partial charge on any atom is -0.450 e. The van der Waals surface area contributed by atoms with E-state index in [-0.39, 0.29) is 17.2 Å². The van der Waals surface area contributed by atoms with Gasteiger partial charge >= 0.3 is 5.69 Å². The molecule has 1 heterocycles. The van der Waals surface area contributed by atoms with Gasteiger partial charge in [-0.1, -0.05) is 0 Å². The molecule has 2 aromatic carbocycles. The summed E-state index contributed by atoms with van der Waals surface area (Å²) in [6.45, 7) is 3.78. The fraction of sp³-hybridized carbons (Fsp3) is 0.350. The number of hydrogen-bond acceptors (Lipinski definition) is 7. The number of carbonyl (C=O) groups excluding carboxylic acids is 1. The molecule has 0 aliphatic carbocycles. The van der Waals surface area contributed by atoms with Crippen LogP contribution in [-0.4, -0.2) is 47.2 Å². The molecule has 1 fully saturated rings. The van der Waals surface area contributed by atoms with Gasteiger partial charge in [-0.25, -0.2) is 0 Å². The number of ketones is 1. The highest BCUT2D eigenvalue weighted by Crippen LogP contribution is 2.46. The average Bonchev–Trinajstić information content (AvgIpc) is 2.68. The molecule has 0 radical (unpaired) electrons. The summed E-state index contributed by atoms with van der Waals surface area (Å²) in [5.74, 6) is 0.512. The van der Waals surface area contributed by atoms with Gasteiger partial charge in [0.1, 0.15) is 5.75 Å². The van der Waals surface area contributed by atoms with Crippen molar-refractivity contribution in [2.24, 2.45) is 0 Å². The van der Waals surface area contributed by atoms with E-state index in [1.54, 1.807) is 36.4 Å². The molecule has 29 heavy (non-hydrogen) atoms. The van der Waals surface area contributed by atoms with Gasteiger partial charge in [-0.05, 0) is 69.4 Å². The van der Waals surface area contributed by atoms with Crippen molar-refractivity contribution in [2.45, 2.75) is 20.0 Å². The summed E-state index contributed by atoms with van der Waals surface area (Å²) in [7, 11) is 3.23. The third-order valence-electron chi connectivity index (χ3n) is 4.60. The van der Waals surface area contributed by atoms with Gasteiger partial charge in [-0.3, -0.25) is 24.2 Å². The van der Waals surface area contributed by atoms with Crippen molar-refractivity contribution in [3.05, 3.63) is 63.7 Å². The highest BCUT2D eigenvalue weighted by Gasteiger charge is 2.26. The topological polar surface area (TPSA) is 85.2 Å². The van der Waals surface area contributed by atoms with E-state index in [0.717, 1.165) is 25.1 Å². The molecule has 1 aliphatic rings. The van der Waals surface area contributed by atoms with Crippen molar-refractivity contribution in [1.29, 1.82) is 0 Å². The predicted octanol–water partition coefficient (Wildman–Crippen LogP) is 4.60. The van der Waals surface area contributed by atoms with Gasteiger partial charge in [0.25, 0.3) is 0 Å². The van der Waals surface area contributed by atoms with E-state index < -0.39 is 13.4 Å². The predicted molar refractivity (Wildman–Crippen MR) is 111 cm³/mol. The molecule has 1 aliphatic heterocycles. The quantitative estimate of drug-likeness (QED) is 0.282. The lowest BCUT2D eigenvalue weighted by Crippen LogP contribution is -2.32. The molecule has 0 amide bonds. The van der Waals surface area contributed by atoms with Crippen LogP contribution in [0.4, 0.5) is 5.69 Å². The van der Waals surface area contributed by atoms with E-state index in [2.05, 4.69) is 9.34 Å². The molecule has 9 heteroatoms. The molecule has 1 saturated heterocycles. The van der Waals surface area contributed by atoms with Crippen molar-refractivity contribution in [2.75, 3.05) is 27.2 Å². The van der Waals surface area contributed by atoms with Crippen LogP contribution in [0.1, 0.15) is 29.3 Å². The maximum absolute atomic E-state index is 11.4. The Morgan fingerprint density at radius 1 is 1.14 bits per heavy atom. The Hall–Kier alpha value is -2.38. The Bertz CT molecular complexity index is 880. The molecule has 0 atom stereocenters. The summed E-state index contributed by atoms with van der Waals surface area (Å²) >= 11 is 0. The molecule has 8 nitrogen and oxygen atoms in total. The van der Waals surface area contributed by atoms with Crippen LogP contribution in [0.15, 0.2) is 42.5 Å². The molecule has 0 spiro atoms. The van der Waals surface area contributed by atoms with Gasteiger partial charge in [-0.15, -0.1) is 0 Å². The lowest BCUT2D eigenvalue weighted by molar-refractivity contribution is -0.385. The van der Waals surface area contributed by atoms with Gasteiger partial charge in [0, 0.05) is 24.7 Å². The van der Waals surface area contributed by atoms with Gasteiger partial charge in [0.2, 0.25) is 5.75 Å². The van der Waals surface area contributed by atoms with Crippen LogP contribution in [0.5, 0.6) is 11.5 Å². The summed E-state index contributed by atoms with van der Waals surface area (Å²) in [5.41, 5.74) is 1.22. The maximum Gasteiger partial charge on any atom is 0.311 e. The van der Waals surface area contributed by atoms with Crippen molar-refractivity contribution in [3.8, 4) is 11.5 Å². The number of nitrogens with zero attached hydrogens (tertiary/aromatic N) is 3. The summed E-state index contributed by atoms with van der Waals surface area (Å²) in [4.78, 5) is 22.3. The van der Waals surface area contributed by atoms with Crippen molar-refractivity contribution in [3.63, 3.8) is 0 Å². The molecule has 3 rings (SSSR count). The maximum atomic E-state index is 11.4. The van der Waals surface area contributed by atoms with Gasteiger partial charge in [0.05, 0.1) is 11.5 Å². The molecule has 0 unspecified atom stereocenters. The van der Waals surface area contributed by atoms with E-state index in [4.69, 9.17) is 9.26 Å². The van der Waals surface area contributed by atoms with Crippen LogP contribution in [0.2, 0.25) is 0 Å². The normalized spacial score (nSPS) is 16.0. The molecule has 0 saturated carbocycles. The van der Waals surface area contributed by atoms with Gasteiger partial charge in [-0.2, -0.15) is 0 Å². The van der Waals surface area contributed by atoms with Crippen LogP contribution < -0.4 is 4.74 Å². The number of ether oxygens (including phenoxy) is 1. The largest absolute Gasteiger partial charge is 0.450 e. The first-order valence-corrected chi connectivity index (χ1v) is 10.4. The molecule has 154 valence electrons. The number of benzene rings is 2. The average molecular weight is 417 g/mol. The number of nitro benzene ring substituents is 1. The Balaban J connectivity index is 1.76. The lowest BCUT2D eigenvalue weighted by Gasteiger charge is -2.38. The van der Waals surface area contributed by atoms with E-state index in [0.29, 0.717) is 17.9 Å². The first-order valence-electron chi connectivity index (χ1n) is 9.26. The first-order chi connectivity index (χ1) is 13.8. The summed E-state index contributed by atoms with van der Waals surface area (Å²) in [6, 6.07) is 11.3. The molecular formula is C20H24N3O5P. The number of carbonyl (C=O) groups is 1. The van der Waals surface area contributed by atoms with Crippen molar-refractivity contribution < 1.29 is 19.0 Å². The van der Waals surface area contributed by atoms with E-state index >= 15 is 0 Å². The highest BCUT2D eigenvalue weighted by molar-refractivity contribution is 7.47. The first kappa shape index (κ1) is 21.3. The molecule has 0 aromatic heterocycles. The highest BCUT2D eigenvalue weighted by atomic mass is 31.2. The zero-order valence-corrected chi connectivity index (χ0v) is 17.6. The van der Waals surface area contributed by atoms with Crippen molar-refractivity contribution in [1.82, 2.24) is 9.34 Å². The van der Waals surface area contributed by atoms with Gasteiger partial charge in [0.15, 0.2) is 14.2 Å². The van der Waals surface area contributed by atoms with Crippen LogP contribution >= 0.6 is 8.45 Å². The fourth-order valence-corrected chi connectivity index (χ4v) is 4.86. The standard InChI is InChI=1S/C20H24N3O5P/c1-15(24)17-6-8-18(9-7-17)28-20-13-16(5-10-19(20)23(25)26)14-27-29-21(2)11-4-12-22(29)3/h5-10,13H,4,11-12,14H2,1-3H3. The Labute approximate surface area is 171 Å². The number of rotatable bonds is 7. The Morgan fingerprint density at radius 2 is 1.79 bits per heavy atom.